The van der Waals surface area contributed by atoms with Crippen LogP contribution in [-0.2, 0) is 9.59 Å². The van der Waals surface area contributed by atoms with Crippen molar-refractivity contribution in [3.63, 3.8) is 0 Å². The fraction of sp³-hybridized carbons (Fsp3) is 0.167. The highest BCUT2D eigenvalue weighted by atomic mass is 16.5. The lowest BCUT2D eigenvalue weighted by Gasteiger charge is -2.09. The molecular formula is C12H12NO4-. The molecule has 1 amide bonds. The average molecular weight is 234 g/mol. The van der Waals surface area contributed by atoms with Crippen LogP contribution in [0.25, 0.3) is 0 Å². The van der Waals surface area contributed by atoms with Crippen molar-refractivity contribution in [1.82, 2.24) is 0 Å². The van der Waals surface area contributed by atoms with Crippen LogP contribution in [0.2, 0.25) is 0 Å². The maximum atomic E-state index is 11.4. The van der Waals surface area contributed by atoms with Gasteiger partial charge in [0.2, 0.25) is 5.91 Å². The predicted molar refractivity (Wildman–Crippen MR) is 60.5 cm³/mol. The first-order valence-corrected chi connectivity index (χ1v) is 4.87. The molecule has 0 heterocycles. The summed E-state index contributed by atoms with van der Waals surface area (Å²) in [6, 6.07) is 5.28. The molecule has 5 heteroatoms. The minimum Gasteiger partial charge on any atom is -0.545 e. The van der Waals surface area contributed by atoms with Crippen LogP contribution in [0.15, 0.2) is 30.4 Å². The Kier molecular flexibility index (Phi) is 4.28. The topological polar surface area (TPSA) is 78.5 Å². The zero-order valence-corrected chi connectivity index (χ0v) is 9.52. The zero-order valence-electron chi connectivity index (χ0n) is 9.52. The molecule has 90 valence electrons. The maximum absolute atomic E-state index is 11.4. The van der Waals surface area contributed by atoms with Crippen molar-refractivity contribution in [3.05, 3.63) is 35.9 Å². The molecule has 0 radical (unpaired) electrons. The van der Waals surface area contributed by atoms with Crippen LogP contribution in [0.4, 0.5) is 5.69 Å². The molecule has 0 fully saturated rings. The third-order valence-corrected chi connectivity index (χ3v) is 1.98. The van der Waals surface area contributed by atoms with Gasteiger partial charge in [0, 0.05) is 6.08 Å². The number of hydrogen-bond donors (Lipinski definition) is 1. The van der Waals surface area contributed by atoms with Crippen LogP contribution in [0, 0.1) is 6.92 Å². The summed E-state index contributed by atoms with van der Waals surface area (Å²) in [7, 11) is 1.48. The molecule has 0 aliphatic carbocycles. The summed E-state index contributed by atoms with van der Waals surface area (Å²) in [5.74, 6) is -1.47. The number of carbonyl (C=O) groups excluding carboxylic acids is 2. The van der Waals surface area contributed by atoms with Crippen molar-refractivity contribution in [3.8, 4) is 5.75 Å². The van der Waals surface area contributed by atoms with Crippen LogP contribution in [-0.4, -0.2) is 19.0 Å². The first kappa shape index (κ1) is 12.8. The number of rotatable bonds is 4. The highest BCUT2D eigenvalue weighted by molar-refractivity contribution is 6.02. The molecule has 0 aliphatic rings. The first-order valence-electron chi connectivity index (χ1n) is 4.87. The number of amides is 1. The van der Waals surface area contributed by atoms with E-state index in [-0.39, 0.29) is 0 Å². The Bertz CT molecular complexity index is 466. The summed E-state index contributed by atoms with van der Waals surface area (Å²) in [6.07, 6.45) is 1.55. The molecule has 0 bridgehead atoms. The third-order valence-electron chi connectivity index (χ3n) is 1.98. The molecule has 0 saturated carbocycles. The number of nitrogens with one attached hydrogen (secondary N) is 1. The molecule has 0 atom stereocenters. The van der Waals surface area contributed by atoms with Crippen LogP contribution in [0.5, 0.6) is 5.75 Å². The Hall–Kier alpha value is -2.30. The second-order valence-corrected chi connectivity index (χ2v) is 3.35. The minimum atomic E-state index is -1.42. The molecule has 1 aromatic rings. The van der Waals surface area contributed by atoms with E-state index in [0.717, 1.165) is 11.6 Å². The van der Waals surface area contributed by atoms with Gasteiger partial charge in [0.05, 0.1) is 18.8 Å². The molecular weight excluding hydrogens is 222 g/mol. The summed E-state index contributed by atoms with van der Waals surface area (Å²) in [5.41, 5.74) is 1.44. The largest absolute Gasteiger partial charge is 0.545 e. The monoisotopic (exact) mass is 234 g/mol. The van der Waals surface area contributed by atoms with Crippen molar-refractivity contribution < 1.29 is 19.4 Å². The molecule has 1 aromatic carbocycles. The van der Waals surface area contributed by atoms with E-state index in [0.29, 0.717) is 17.5 Å². The van der Waals surface area contributed by atoms with E-state index >= 15 is 0 Å². The number of carbonyl (C=O) groups is 2. The van der Waals surface area contributed by atoms with Crippen LogP contribution in [0.3, 0.4) is 0 Å². The maximum Gasteiger partial charge on any atom is 0.248 e. The number of benzene rings is 1. The average Bonchev–Trinajstić information content (AvgIpc) is 2.27. The van der Waals surface area contributed by atoms with Crippen molar-refractivity contribution >= 4 is 17.6 Å². The van der Waals surface area contributed by atoms with Gasteiger partial charge < -0.3 is 20.0 Å². The van der Waals surface area contributed by atoms with Crippen molar-refractivity contribution in [2.24, 2.45) is 0 Å². The molecule has 0 aromatic heterocycles. The molecule has 5 nitrogen and oxygen atoms in total. The van der Waals surface area contributed by atoms with E-state index in [4.69, 9.17) is 4.74 Å². The van der Waals surface area contributed by atoms with Gasteiger partial charge in [-0.25, -0.2) is 0 Å². The van der Waals surface area contributed by atoms with Gasteiger partial charge in [0.15, 0.2) is 0 Å². The molecule has 0 unspecified atom stereocenters. The van der Waals surface area contributed by atoms with Gasteiger partial charge in [0.1, 0.15) is 5.75 Å². The Labute approximate surface area is 98.7 Å². The Morgan fingerprint density at radius 3 is 2.65 bits per heavy atom. The quantitative estimate of drug-likeness (QED) is 0.757. The summed E-state index contributed by atoms with van der Waals surface area (Å²) >= 11 is 0. The van der Waals surface area contributed by atoms with E-state index in [1.807, 2.05) is 13.0 Å². The number of carboxylic acids is 1. The fourth-order valence-corrected chi connectivity index (χ4v) is 1.24. The van der Waals surface area contributed by atoms with Gasteiger partial charge in [-0.1, -0.05) is 6.07 Å². The van der Waals surface area contributed by atoms with E-state index in [9.17, 15) is 14.7 Å². The SMILES string of the molecule is COc1ccc(C)cc1NC(=O)C=CC(=O)[O-]. The second kappa shape index (κ2) is 5.69. The third kappa shape index (κ3) is 3.98. The van der Waals surface area contributed by atoms with Crippen LogP contribution < -0.4 is 15.2 Å². The van der Waals surface area contributed by atoms with Gasteiger partial charge >= 0.3 is 0 Å². The van der Waals surface area contributed by atoms with E-state index in [1.165, 1.54) is 7.11 Å². The molecule has 0 aliphatic heterocycles. The Balaban J connectivity index is 2.83. The lowest BCUT2D eigenvalue weighted by atomic mass is 10.2. The molecule has 0 spiro atoms. The summed E-state index contributed by atoms with van der Waals surface area (Å²) < 4.78 is 5.06. The molecule has 1 rings (SSSR count). The highest BCUT2D eigenvalue weighted by Gasteiger charge is 2.05. The van der Waals surface area contributed by atoms with Gasteiger partial charge in [0.25, 0.3) is 0 Å². The van der Waals surface area contributed by atoms with E-state index in [1.54, 1.807) is 12.1 Å². The standard InChI is InChI=1S/C12H13NO4/c1-8-3-4-10(17-2)9(7-8)13-11(14)5-6-12(15)16/h3-7H,1-2H3,(H,13,14)(H,15,16)/p-1. The fourth-order valence-electron chi connectivity index (χ4n) is 1.24. The van der Waals surface area contributed by atoms with Crippen molar-refractivity contribution in [2.45, 2.75) is 6.92 Å². The van der Waals surface area contributed by atoms with Crippen molar-refractivity contribution in [1.29, 1.82) is 0 Å². The molecule has 1 N–H and O–H groups in total. The first-order chi connectivity index (χ1) is 8.02. The number of aryl methyl sites for hydroxylation is 1. The van der Waals surface area contributed by atoms with Gasteiger partial charge in [-0.15, -0.1) is 0 Å². The van der Waals surface area contributed by atoms with Crippen LogP contribution >= 0.6 is 0 Å². The zero-order chi connectivity index (χ0) is 12.8. The second-order valence-electron chi connectivity index (χ2n) is 3.35. The van der Waals surface area contributed by atoms with Gasteiger partial charge in [-0.05, 0) is 30.7 Å². The molecule has 17 heavy (non-hydrogen) atoms. The summed E-state index contributed by atoms with van der Waals surface area (Å²) in [5, 5.41) is 12.6. The molecule has 0 saturated heterocycles. The van der Waals surface area contributed by atoms with Gasteiger partial charge in [-0.2, -0.15) is 0 Å². The lowest BCUT2D eigenvalue weighted by molar-refractivity contribution is -0.297. The Morgan fingerprint density at radius 1 is 1.35 bits per heavy atom. The smallest absolute Gasteiger partial charge is 0.248 e. The minimum absolute atomic E-state index is 0.487. The summed E-state index contributed by atoms with van der Waals surface area (Å²) in [6.45, 7) is 1.87. The highest BCUT2D eigenvalue weighted by Crippen LogP contribution is 2.24. The Morgan fingerprint density at radius 2 is 2.06 bits per heavy atom. The number of hydrogen-bond acceptors (Lipinski definition) is 4. The van der Waals surface area contributed by atoms with Crippen LogP contribution in [0.1, 0.15) is 5.56 Å². The normalized spacial score (nSPS) is 10.2. The number of methoxy groups -OCH3 is 1. The van der Waals surface area contributed by atoms with E-state index in [2.05, 4.69) is 5.32 Å². The number of carboxylic acid groups (broad SMARTS) is 1. The van der Waals surface area contributed by atoms with Gasteiger partial charge in [-0.3, -0.25) is 4.79 Å². The predicted octanol–water partition coefficient (Wildman–Crippen LogP) is 0.248. The number of aliphatic carboxylic acids is 1. The lowest BCUT2D eigenvalue weighted by Crippen LogP contribution is -2.20. The number of anilines is 1. The van der Waals surface area contributed by atoms with E-state index < -0.39 is 11.9 Å². The summed E-state index contributed by atoms with van der Waals surface area (Å²) in [4.78, 5) is 21.5. The number of ether oxygens (including phenoxy) is 1. The van der Waals surface area contributed by atoms with Crippen molar-refractivity contribution in [2.75, 3.05) is 12.4 Å².